The van der Waals surface area contributed by atoms with Gasteiger partial charge in [-0.2, -0.15) is 0 Å². The number of aliphatic hydroxyl groups is 1. The Balaban J connectivity index is 1.98. The fourth-order valence-electron chi connectivity index (χ4n) is 2.47. The fraction of sp³-hybridized carbons (Fsp3) is 0.250. The van der Waals surface area contributed by atoms with E-state index in [4.69, 9.17) is 4.74 Å². The molecule has 122 valence electrons. The molecular weight excluding hydrogens is 382 g/mol. The fourth-order valence-corrected chi connectivity index (χ4v) is 3.87. The highest BCUT2D eigenvalue weighted by Crippen LogP contribution is 2.38. The predicted molar refractivity (Wildman–Crippen MR) is 91.2 cm³/mol. The number of hydrogen-bond donors (Lipinski definition) is 2. The second-order valence-electron chi connectivity index (χ2n) is 5.39. The summed E-state index contributed by atoms with van der Waals surface area (Å²) in [4.78, 5) is 0.173. The minimum atomic E-state index is -3.74. The van der Waals surface area contributed by atoms with Crippen LogP contribution in [0.15, 0.2) is 45.8 Å². The van der Waals surface area contributed by atoms with Crippen molar-refractivity contribution in [3.63, 3.8) is 0 Å². The molecule has 2 aromatic carbocycles. The highest BCUT2D eigenvalue weighted by atomic mass is 79.9. The van der Waals surface area contributed by atoms with E-state index in [2.05, 4.69) is 20.7 Å². The molecular formula is C16H16BrNO4S. The van der Waals surface area contributed by atoms with Crippen LogP contribution in [0.5, 0.6) is 5.75 Å². The van der Waals surface area contributed by atoms with Crippen LogP contribution < -0.4 is 9.46 Å². The maximum Gasteiger partial charge on any atom is 0.262 e. The Labute approximate surface area is 143 Å². The zero-order valence-corrected chi connectivity index (χ0v) is 14.8. The van der Waals surface area contributed by atoms with Crippen LogP contribution >= 0.6 is 15.9 Å². The van der Waals surface area contributed by atoms with Crippen LogP contribution in [0.3, 0.4) is 0 Å². The lowest BCUT2D eigenvalue weighted by Gasteiger charge is -2.24. The number of aryl methyl sites for hydroxylation is 1. The van der Waals surface area contributed by atoms with Gasteiger partial charge in [-0.15, -0.1) is 0 Å². The van der Waals surface area contributed by atoms with Gasteiger partial charge in [-0.1, -0.05) is 28.1 Å². The Morgan fingerprint density at radius 2 is 2.09 bits per heavy atom. The normalized spacial score (nSPS) is 17.3. The van der Waals surface area contributed by atoms with Crippen LogP contribution in [0, 0.1) is 6.92 Å². The molecule has 7 heteroatoms. The van der Waals surface area contributed by atoms with Gasteiger partial charge in [0.05, 0.1) is 23.3 Å². The first kappa shape index (κ1) is 16.3. The number of anilines is 1. The highest BCUT2D eigenvalue weighted by Gasteiger charge is 2.24. The van der Waals surface area contributed by atoms with Gasteiger partial charge in [0.25, 0.3) is 10.0 Å². The quantitative estimate of drug-likeness (QED) is 0.832. The largest absolute Gasteiger partial charge is 0.491 e. The summed E-state index contributed by atoms with van der Waals surface area (Å²) >= 11 is 3.36. The first-order chi connectivity index (χ1) is 10.9. The van der Waals surface area contributed by atoms with Crippen LogP contribution in [0.2, 0.25) is 0 Å². The second kappa shape index (κ2) is 6.14. The van der Waals surface area contributed by atoms with Crippen molar-refractivity contribution in [1.82, 2.24) is 0 Å². The van der Waals surface area contributed by atoms with E-state index in [0.29, 0.717) is 30.0 Å². The third-order valence-corrected chi connectivity index (χ3v) is 5.98. The van der Waals surface area contributed by atoms with Gasteiger partial charge in [-0.25, -0.2) is 8.42 Å². The van der Waals surface area contributed by atoms with E-state index in [1.54, 1.807) is 30.3 Å². The number of halogens is 1. The number of benzene rings is 2. The standard InChI is InChI=1S/C16H16BrNO4S/c1-10-9-11(5-6-13(10)17)23(20,21)18-14-4-2-3-12-15(19)7-8-22-16(12)14/h2-6,9,15,18-19H,7-8H2,1H3. The van der Waals surface area contributed by atoms with E-state index in [1.807, 2.05) is 6.92 Å². The SMILES string of the molecule is Cc1cc(S(=O)(=O)Nc2cccc3c2OCCC3O)ccc1Br. The number of para-hydroxylation sites is 1. The number of hydrogen-bond acceptors (Lipinski definition) is 4. The smallest absolute Gasteiger partial charge is 0.262 e. The minimum Gasteiger partial charge on any atom is -0.491 e. The summed E-state index contributed by atoms with van der Waals surface area (Å²) in [7, 11) is -3.74. The van der Waals surface area contributed by atoms with Gasteiger partial charge < -0.3 is 9.84 Å². The summed E-state index contributed by atoms with van der Waals surface area (Å²) in [5.41, 5.74) is 1.76. The molecule has 1 aliphatic heterocycles. The Kier molecular flexibility index (Phi) is 4.35. The van der Waals surface area contributed by atoms with Crippen LogP contribution in [-0.4, -0.2) is 20.1 Å². The van der Waals surface area contributed by atoms with Gasteiger partial charge in [-0.05, 0) is 36.8 Å². The van der Waals surface area contributed by atoms with Crippen molar-refractivity contribution in [3.8, 4) is 5.75 Å². The number of aliphatic hydroxyl groups excluding tert-OH is 1. The molecule has 1 atom stereocenters. The molecule has 0 saturated carbocycles. The Morgan fingerprint density at radius 3 is 2.83 bits per heavy atom. The lowest BCUT2D eigenvalue weighted by molar-refractivity contribution is 0.116. The molecule has 1 unspecified atom stereocenters. The zero-order valence-electron chi connectivity index (χ0n) is 12.4. The maximum atomic E-state index is 12.6. The summed E-state index contributed by atoms with van der Waals surface area (Å²) < 4.78 is 34.1. The van der Waals surface area contributed by atoms with Crippen molar-refractivity contribution in [2.75, 3.05) is 11.3 Å². The molecule has 1 aliphatic rings. The molecule has 0 amide bonds. The third-order valence-electron chi connectivity index (χ3n) is 3.73. The monoisotopic (exact) mass is 397 g/mol. The summed E-state index contributed by atoms with van der Waals surface area (Å²) in [6.07, 6.45) is -0.145. The van der Waals surface area contributed by atoms with E-state index in [1.165, 1.54) is 6.07 Å². The number of fused-ring (bicyclic) bond motifs is 1. The van der Waals surface area contributed by atoms with Gasteiger partial charge in [0.2, 0.25) is 0 Å². The number of nitrogens with one attached hydrogen (secondary N) is 1. The second-order valence-corrected chi connectivity index (χ2v) is 7.93. The summed E-state index contributed by atoms with van der Waals surface area (Å²) in [6.45, 7) is 2.18. The summed E-state index contributed by atoms with van der Waals surface area (Å²) in [6, 6.07) is 9.88. The molecule has 5 nitrogen and oxygen atoms in total. The molecule has 0 radical (unpaired) electrons. The molecule has 0 bridgehead atoms. The lowest BCUT2D eigenvalue weighted by Crippen LogP contribution is -2.18. The summed E-state index contributed by atoms with van der Waals surface area (Å²) in [5.74, 6) is 0.392. The average Bonchev–Trinajstić information content (AvgIpc) is 2.51. The van der Waals surface area contributed by atoms with Crippen molar-refractivity contribution in [2.45, 2.75) is 24.3 Å². The molecule has 2 aromatic rings. The Bertz CT molecular complexity index is 851. The third kappa shape index (κ3) is 3.22. The van der Waals surface area contributed by atoms with Gasteiger partial charge in [0.1, 0.15) is 5.75 Å². The van der Waals surface area contributed by atoms with E-state index in [0.717, 1.165) is 10.0 Å². The lowest BCUT2D eigenvalue weighted by atomic mass is 10.0. The maximum absolute atomic E-state index is 12.6. The van der Waals surface area contributed by atoms with Crippen LogP contribution in [0.4, 0.5) is 5.69 Å². The van der Waals surface area contributed by atoms with Crippen LogP contribution in [0.25, 0.3) is 0 Å². The van der Waals surface area contributed by atoms with Gasteiger partial charge in [0, 0.05) is 16.5 Å². The van der Waals surface area contributed by atoms with E-state index in [9.17, 15) is 13.5 Å². The van der Waals surface area contributed by atoms with Gasteiger partial charge in [0.15, 0.2) is 0 Å². The van der Waals surface area contributed by atoms with E-state index < -0.39 is 16.1 Å². The minimum absolute atomic E-state index is 0.173. The highest BCUT2D eigenvalue weighted by molar-refractivity contribution is 9.10. The zero-order chi connectivity index (χ0) is 16.6. The molecule has 0 aromatic heterocycles. The topological polar surface area (TPSA) is 75.6 Å². The molecule has 0 fully saturated rings. The summed E-state index contributed by atoms with van der Waals surface area (Å²) in [5, 5.41) is 10.0. The number of sulfonamides is 1. The average molecular weight is 398 g/mol. The van der Waals surface area contributed by atoms with E-state index in [-0.39, 0.29) is 4.90 Å². The molecule has 2 N–H and O–H groups in total. The van der Waals surface area contributed by atoms with Crippen molar-refractivity contribution < 1.29 is 18.3 Å². The van der Waals surface area contributed by atoms with Crippen LogP contribution in [-0.2, 0) is 10.0 Å². The van der Waals surface area contributed by atoms with Crippen LogP contribution in [0.1, 0.15) is 23.7 Å². The molecule has 3 rings (SSSR count). The van der Waals surface area contributed by atoms with Crippen molar-refractivity contribution >= 4 is 31.6 Å². The van der Waals surface area contributed by atoms with Crippen molar-refractivity contribution in [3.05, 3.63) is 52.0 Å². The first-order valence-corrected chi connectivity index (χ1v) is 9.39. The molecule has 23 heavy (non-hydrogen) atoms. The van der Waals surface area contributed by atoms with Gasteiger partial charge in [-0.3, -0.25) is 4.72 Å². The number of rotatable bonds is 3. The Hall–Kier alpha value is -1.57. The molecule has 0 spiro atoms. The van der Waals surface area contributed by atoms with E-state index >= 15 is 0 Å². The molecule has 1 heterocycles. The Morgan fingerprint density at radius 1 is 1.30 bits per heavy atom. The molecule has 0 aliphatic carbocycles. The predicted octanol–water partition coefficient (Wildman–Crippen LogP) is 3.37. The molecule has 0 saturated heterocycles. The first-order valence-electron chi connectivity index (χ1n) is 7.11. The van der Waals surface area contributed by atoms with Crippen molar-refractivity contribution in [2.24, 2.45) is 0 Å². The number of ether oxygens (including phenoxy) is 1. The van der Waals surface area contributed by atoms with Gasteiger partial charge >= 0.3 is 0 Å². The van der Waals surface area contributed by atoms with Crippen molar-refractivity contribution in [1.29, 1.82) is 0 Å².